The van der Waals surface area contributed by atoms with Crippen molar-refractivity contribution in [3.05, 3.63) is 33.9 Å². The normalized spacial score (nSPS) is 23.2. The van der Waals surface area contributed by atoms with Crippen molar-refractivity contribution in [2.45, 2.75) is 40.0 Å². The number of rotatable bonds is 6. The average Bonchev–Trinajstić information content (AvgIpc) is 3.28. The van der Waals surface area contributed by atoms with Gasteiger partial charge in [-0.25, -0.2) is 0 Å². The molecular weight excluding hydrogens is 336 g/mol. The highest BCUT2D eigenvalue weighted by molar-refractivity contribution is 6.07. The van der Waals surface area contributed by atoms with Crippen molar-refractivity contribution in [3.63, 3.8) is 0 Å². The minimum absolute atomic E-state index is 0.0234. The van der Waals surface area contributed by atoms with Crippen molar-refractivity contribution in [3.8, 4) is 0 Å². The minimum Gasteiger partial charge on any atom is -0.461 e. The first-order chi connectivity index (χ1) is 12.3. The quantitative estimate of drug-likeness (QED) is 0.729. The van der Waals surface area contributed by atoms with Gasteiger partial charge in [0.05, 0.1) is 0 Å². The Labute approximate surface area is 152 Å². The summed E-state index contributed by atoms with van der Waals surface area (Å²) < 4.78 is 10.3. The van der Waals surface area contributed by atoms with Crippen LogP contribution in [0.15, 0.2) is 33.9 Å². The van der Waals surface area contributed by atoms with Gasteiger partial charge >= 0.3 is 11.9 Å². The van der Waals surface area contributed by atoms with Gasteiger partial charge in [-0.05, 0) is 43.4 Å². The average molecular weight is 360 g/mol. The minimum atomic E-state index is -0.411. The Balaban J connectivity index is 2.04. The molecule has 0 aromatic carbocycles. The van der Waals surface area contributed by atoms with Crippen LogP contribution in [0, 0.1) is 11.3 Å². The summed E-state index contributed by atoms with van der Waals surface area (Å²) in [4.78, 5) is 35.6. The molecule has 0 radical (unpaired) electrons. The van der Waals surface area contributed by atoms with Gasteiger partial charge in [0.25, 0.3) is 0 Å². The van der Waals surface area contributed by atoms with Gasteiger partial charge in [0.2, 0.25) is 0 Å². The van der Waals surface area contributed by atoms with Crippen LogP contribution in [0.25, 0.3) is 0 Å². The fourth-order valence-electron chi connectivity index (χ4n) is 4.27. The summed E-state index contributed by atoms with van der Waals surface area (Å²) in [7, 11) is 0. The fraction of sp³-hybridized carbons (Fsp3) is 0.550. The predicted molar refractivity (Wildman–Crippen MR) is 92.9 cm³/mol. The van der Waals surface area contributed by atoms with Crippen LogP contribution in [0.2, 0.25) is 0 Å². The summed E-state index contributed by atoms with van der Waals surface area (Å²) in [6.07, 6.45) is 4.04. The molecule has 1 N–H and O–H groups in total. The maximum atomic E-state index is 13.1. The Morgan fingerprint density at radius 3 is 2.35 bits per heavy atom. The number of ketones is 1. The highest BCUT2D eigenvalue weighted by Gasteiger charge is 2.58. The standard InChI is InChI=1S/C20H24O6/c1-11-18-15(19(24)17(4-7-21)20(11)5-6-20)8-14(9-25-12(2)22)16(18)10-26-13(3)23/h8,17,21H,4-7,9-10H2,1-3H3/t17-/m1/s1. The van der Waals surface area contributed by atoms with Crippen molar-refractivity contribution < 1.29 is 29.0 Å². The van der Waals surface area contributed by atoms with Gasteiger partial charge in [-0.15, -0.1) is 0 Å². The van der Waals surface area contributed by atoms with E-state index in [-0.39, 0.29) is 36.9 Å². The second-order valence-corrected chi connectivity index (χ2v) is 7.21. The number of aliphatic hydroxyl groups excluding tert-OH is 1. The zero-order chi connectivity index (χ0) is 19.1. The Morgan fingerprint density at radius 1 is 1.19 bits per heavy atom. The number of ether oxygens (including phenoxy) is 2. The lowest BCUT2D eigenvalue weighted by atomic mass is 9.68. The van der Waals surface area contributed by atoms with E-state index in [1.54, 1.807) is 6.08 Å². The molecule has 1 saturated carbocycles. The molecule has 3 rings (SSSR count). The summed E-state index contributed by atoms with van der Waals surface area (Å²) in [6.45, 7) is 4.75. The summed E-state index contributed by atoms with van der Waals surface area (Å²) in [5.41, 5.74) is 3.79. The molecule has 3 aliphatic carbocycles. The molecule has 3 aliphatic rings. The molecule has 0 aliphatic heterocycles. The summed E-state index contributed by atoms with van der Waals surface area (Å²) in [6, 6.07) is 0. The third kappa shape index (κ3) is 3.03. The van der Waals surface area contributed by atoms with E-state index in [9.17, 15) is 19.5 Å². The van der Waals surface area contributed by atoms with E-state index < -0.39 is 11.9 Å². The molecule has 26 heavy (non-hydrogen) atoms. The van der Waals surface area contributed by atoms with Crippen molar-refractivity contribution in [1.29, 1.82) is 0 Å². The number of carbonyl (C=O) groups is 3. The number of hydrogen-bond donors (Lipinski definition) is 1. The predicted octanol–water partition coefficient (Wildman–Crippen LogP) is 2.03. The molecule has 6 heteroatoms. The molecule has 0 saturated heterocycles. The summed E-state index contributed by atoms with van der Waals surface area (Å²) in [5, 5.41) is 9.40. The lowest BCUT2D eigenvalue weighted by Gasteiger charge is -2.34. The molecule has 0 bridgehead atoms. The van der Waals surface area contributed by atoms with E-state index in [1.807, 2.05) is 6.92 Å². The number of carbonyl (C=O) groups excluding carboxylic acids is 3. The summed E-state index contributed by atoms with van der Waals surface area (Å²) >= 11 is 0. The highest BCUT2D eigenvalue weighted by atomic mass is 16.5. The van der Waals surface area contributed by atoms with Crippen LogP contribution in [-0.2, 0) is 23.9 Å². The second-order valence-electron chi connectivity index (χ2n) is 7.21. The molecule has 6 nitrogen and oxygen atoms in total. The van der Waals surface area contributed by atoms with Crippen LogP contribution in [0.4, 0.5) is 0 Å². The van der Waals surface area contributed by atoms with Crippen LogP contribution >= 0.6 is 0 Å². The molecule has 0 heterocycles. The highest BCUT2D eigenvalue weighted by Crippen LogP contribution is 2.64. The molecule has 0 amide bonds. The summed E-state index contributed by atoms with van der Waals surface area (Å²) in [5.74, 6) is -1.01. The first-order valence-corrected chi connectivity index (χ1v) is 8.89. The maximum absolute atomic E-state index is 13.1. The largest absolute Gasteiger partial charge is 0.461 e. The number of Topliss-reactive ketones (excluding diaryl/α,β-unsaturated/α-hetero) is 1. The van der Waals surface area contributed by atoms with E-state index >= 15 is 0 Å². The second kappa shape index (κ2) is 6.83. The van der Waals surface area contributed by atoms with Gasteiger partial charge in [0.15, 0.2) is 5.78 Å². The van der Waals surface area contributed by atoms with Crippen LogP contribution in [0.1, 0.15) is 40.0 Å². The lowest BCUT2D eigenvalue weighted by Crippen LogP contribution is -2.34. The Kier molecular flexibility index (Phi) is 4.88. The molecule has 0 aromatic rings. The van der Waals surface area contributed by atoms with Crippen molar-refractivity contribution in [1.82, 2.24) is 0 Å². The van der Waals surface area contributed by atoms with Gasteiger partial charge in [-0.3, -0.25) is 14.4 Å². The van der Waals surface area contributed by atoms with Gasteiger partial charge in [-0.1, -0.05) is 5.57 Å². The van der Waals surface area contributed by atoms with E-state index in [1.165, 1.54) is 13.8 Å². The van der Waals surface area contributed by atoms with Gasteiger partial charge < -0.3 is 14.6 Å². The third-order valence-corrected chi connectivity index (χ3v) is 5.71. The van der Waals surface area contributed by atoms with Gasteiger partial charge in [0.1, 0.15) is 13.2 Å². The molecule has 1 spiro atoms. The molecular formula is C20H24O6. The SMILES string of the molecule is CC(=O)OCC1=C(COC(C)=O)C2=C(C)C3(CC3)[C@H](CCO)C(=O)C2=C1. The molecule has 0 aromatic heterocycles. The maximum Gasteiger partial charge on any atom is 0.302 e. The monoisotopic (exact) mass is 360 g/mol. The van der Waals surface area contributed by atoms with E-state index in [0.717, 1.165) is 29.6 Å². The Hall–Kier alpha value is -2.21. The number of esters is 2. The lowest BCUT2D eigenvalue weighted by molar-refractivity contribution is -0.141. The van der Waals surface area contributed by atoms with Crippen molar-refractivity contribution in [2.24, 2.45) is 11.3 Å². The smallest absolute Gasteiger partial charge is 0.302 e. The van der Waals surface area contributed by atoms with Gasteiger partial charge in [-0.2, -0.15) is 0 Å². The van der Waals surface area contributed by atoms with Crippen molar-refractivity contribution in [2.75, 3.05) is 19.8 Å². The zero-order valence-corrected chi connectivity index (χ0v) is 15.4. The van der Waals surface area contributed by atoms with Crippen LogP contribution < -0.4 is 0 Å². The Bertz CT molecular complexity index is 763. The number of fused-ring (bicyclic) bond motifs is 1. The zero-order valence-electron chi connectivity index (χ0n) is 15.4. The molecule has 140 valence electrons. The van der Waals surface area contributed by atoms with E-state index in [2.05, 4.69) is 0 Å². The number of hydrogen-bond acceptors (Lipinski definition) is 6. The molecule has 0 unspecified atom stereocenters. The van der Waals surface area contributed by atoms with E-state index in [4.69, 9.17) is 9.47 Å². The fourth-order valence-corrected chi connectivity index (χ4v) is 4.27. The molecule has 1 fully saturated rings. The number of allylic oxidation sites excluding steroid dienone is 2. The van der Waals surface area contributed by atoms with Crippen molar-refractivity contribution >= 4 is 17.7 Å². The number of aliphatic hydroxyl groups is 1. The Morgan fingerprint density at radius 2 is 1.81 bits per heavy atom. The van der Waals surface area contributed by atoms with Gasteiger partial charge in [0, 0.05) is 42.9 Å². The van der Waals surface area contributed by atoms with Crippen LogP contribution in [0.5, 0.6) is 0 Å². The third-order valence-electron chi connectivity index (χ3n) is 5.71. The van der Waals surface area contributed by atoms with Crippen LogP contribution in [-0.4, -0.2) is 42.6 Å². The molecule has 1 atom stereocenters. The van der Waals surface area contributed by atoms with Crippen LogP contribution in [0.3, 0.4) is 0 Å². The topological polar surface area (TPSA) is 89.9 Å². The first-order valence-electron chi connectivity index (χ1n) is 8.89. The first kappa shape index (κ1) is 18.6. The van der Waals surface area contributed by atoms with E-state index in [0.29, 0.717) is 17.6 Å².